The van der Waals surface area contributed by atoms with Crippen LogP contribution in [-0.2, 0) is 4.74 Å². The van der Waals surface area contributed by atoms with Gasteiger partial charge >= 0.3 is 0 Å². The zero-order chi connectivity index (χ0) is 11.5. The molecule has 0 radical (unpaired) electrons. The van der Waals surface area contributed by atoms with Crippen LogP contribution >= 0.6 is 0 Å². The van der Waals surface area contributed by atoms with E-state index in [1.807, 2.05) is 0 Å². The molecule has 0 aromatic carbocycles. The second-order valence-corrected chi connectivity index (χ2v) is 4.47. The number of aryl methyl sites for hydroxylation is 2. The molecule has 0 unspecified atom stereocenters. The highest BCUT2D eigenvalue weighted by Crippen LogP contribution is 2.28. The van der Waals surface area contributed by atoms with E-state index in [0.29, 0.717) is 6.04 Å². The first-order valence-electron chi connectivity index (χ1n) is 6.07. The number of rotatable bonds is 3. The summed E-state index contributed by atoms with van der Waals surface area (Å²) < 4.78 is 5.61. The molecule has 2 rings (SSSR count). The molecule has 1 aliphatic heterocycles. The van der Waals surface area contributed by atoms with Crippen LogP contribution < -0.4 is 0 Å². The van der Waals surface area contributed by atoms with Gasteiger partial charge in [0.1, 0.15) is 0 Å². The number of nitrogens with one attached hydrogen (secondary N) is 1. The molecule has 0 spiro atoms. The maximum Gasteiger partial charge on any atom is 0.0665 e. The van der Waals surface area contributed by atoms with E-state index in [-0.39, 0.29) is 0 Å². The number of hydrogen-bond acceptors (Lipinski definition) is 3. The van der Waals surface area contributed by atoms with Gasteiger partial charge in [-0.1, -0.05) is 6.92 Å². The lowest BCUT2D eigenvalue weighted by Crippen LogP contribution is -2.40. The smallest absolute Gasteiger partial charge is 0.0665 e. The second kappa shape index (κ2) is 4.97. The zero-order valence-corrected chi connectivity index (χ0v) is 10.4. The van der Waals surface area contributed by atoms with Gasteiger partial charge in [0.2, 0.25) is 0 Å². The Labute approximate surface area is 97.0 Å². The van der Waals surface area contributed by atoms with Gasteiger partial charge in [-0.3, -0.25) is 10.00 Å². The monoisotopic (exact) mass is 223 g/mol. The second-order valence-electron chi connectivity index (χ2n) is 4.47. The van der Waals surface area contributed by atoms with E-state index in [9.17, 15) is 0 Å². The molecule has 2 heterocycles. The van der Waals surface area contributed by atoms with Crippen LogP contribution in [0.25, 0.3) is 0 Å². The molecule has 4 nitrogen and oxygen atoms in total. The van der Waals surface area contributed by atoms with Crippen LogP contribution in [0.2, 0.25) is 0 Å². The lowest BCUT2D eigenvalue weighted by molar-refractivity contribution is -0.00873. The van der Waals surface area contributed by atoms with E-state index in [0.717, 1.165) is 32.0 Å². The topological polar surface area (TPSA) is 41.1 Å². The Hall–Kier alpha value is -0.870. The van der Waals surface area contributed by atoms with Gasteiger partial charge < -0.3 is 4.74 Å². The van der Waals surface area contributed by atoms with Crippen molar-refractivity contribution in [3.8, 4) is 0 Å². The highest BCUT2D eigenvalue weighted by atomic mass is 16.5. The minimum Gasteiger partial charge on any atom is -0.378 e. The minimum atomic E-state index is 0.382. The fraction of sp³-hybridized carbons (Fsp3) is 0.750. The number of H-pyrrole nitrogens is 1. The zero-order valence-electron chi connectivity index (χ0n) is 10.4. The summed E-state index contributed by atoms with van der Waals surface area (Å²) in [7, 11) is 0. The van der Waals surface area contributed by atoms with E-state index < -0.39 is 0 Å². The Kier molecular flexibility index (Phi) is 3.61. The third-order valence-corrected chi connectivity index (χ3v) is 3.27. The summed E-state index contributed by atoms with van der Waals surface area (Å²) in [6, 6.07) is 0.382. The Bertz CT molecular complexity index is 327. The Balaban J connectivity index is 2.22. The van der Waals surface area contributed by atoms with Crippen molar-refractivity contribution in [3.63, 3.8) is 0 Å². The summed E-state index contributed by atoms with van der Waals surface area (Å²) in [5.74, 6) is 0. The predicted molar refractivity (Wildman–Crippen MR) is 63.5 cm³/mol. The van der Waals surface area contributed by atoms with Crippen molar-refractivity contribution in [1.29, 1.82) is 0 Å². The summed E-state index contributed by atoms with van der Waals surface area (Å²) in [6.07, 6.45) is 1.19. The third-order valence-electron chi connectivity index (χ3n) is 3.27. The lowest BCUT2D eigenvalue weighted by atomic mass is 10.0. The number of nitrogens with zero attached hydrogens (tertiary/aromatic N) is 2. The van der Waals surface area contributed by atoms with E-state index in [2.05, 4.69) is 35.9 Å². The van der Waals surface area contributed by atoms with Gasteiger partial charge in [0, 0.05) is 17.8 Å². The Morgan fingerprint density at radius 1 is 1.50 bits per heavy atom. The van der Waals surface area contributed by atoms with Crippen LogP contribution in [0, 0.1) is 13.8 Å². The maximum atomic E-state index is 5.61. The van der Waals surface area contributed by atoms with Crippen molar-refractivity contribution in [2.45, 2.75) is 33.2 Å². The first-order valence-corrected chi connectivity index (χ1v) is 6.07. The molecular weight excluding hydrogens is 202 g/mol. The standard InChI is InChI=1S/C12H21N3O/c1-4-5-15-6-7-16-8-11(15)12-9(2)13-14-10(12)3/h11H,4-8H2,1-3H3,(H,13,14)/t11-/m1/s1. The Morgan fingerprint density at radius 3 is 2.94 bits per heavy atom. The van der Waals surface area contributed by atoms with Crippen molar-refractivity contribution in [2.24, 2.45) is 0 Å². The summed E-state index contributed by atoms with van der Waals surface area (Å²) in [5, 5.41) is 7.34. The van der Waals surface area contributed by atoms with Crippen LogP contribution in [0.3, 0.4) is 0 Å². The maximum absolute atomic E-state index is 5.61. The molecule has 0 bridgehead atoms. The molecule has 1 atom stereocenters. The van der Waals surface area contributed by atoms with Gasteiger partial charge in [-0.15, -0.1) is 0 Å². The van der Waals surface area contributed by atoms with Crippen LogP contribution in [0.1, 0.15) is 36.3 Å². The molecule has 0 aliphatic carbocycles. The van der Waals surface area contributed by atoms with Crippen LogP contribution in [-0.4, -0.2) is 41.4 Å². The summed E-state index contributed by atoms with van der Waals surface area (Å²) in [6.45, 7) is 10.2. The molecule has 1 aliphatic rings. The SMILES string of the molecule is CCCN1CCOC[C@@H]1c1c(C)n[nH]c1C. The molecule has 1 aromatic rings. The van der Waals surface area contributed by atoms with Gasteiger partial charge in [-0.2, -0.15) is 5.10 Å². The molecule has 1 fully saturated rings. The fourth-order valence-electron chi connectivity index (χ4n) is 2.51. The molecule has 1 saturated heterocycles. The number of aromatic nitrogens is 2. The molecule has 90 valence electrons. The van der Waals surface area contributed by atoms with E-state index in [1.165, 1.54) is 17.7 Å². The number of aromatic amines is 1. The van der Waals surface area contributed by atoms with Crippen molar-refractivity contribution in [2.75, 3.05) is 26.3 Å². The van der Waals surface area contributed by atoms with Gasteiger partial charge in [0.25, 0.3) is 0 Å². The van der Waals surface area contributed by atoms with Crippen molar-refractivity contribution in [1.82, 2.24) is 15.1 Å². The van der Waals surface area contributed by atoms with Crippen LogP contribution in [0.5, 0.6) is 0 Å². The molecule has 4 heteroatoms. The first kappa shape index (κ1) is 11.6. The predicted octanol–water partition coefficient (Wildman–Crippen LogP) is 1.81. The molecule has 1 aromatic heterocycles. The van der Waals surface area contributed by atoms with Crippen LogP contribution in [0.4, 0.5) is 0 Å². The average Bonchev–Trinajstić information content (AvgIpc) is 2.60. The van der Waals surface area contributed by atoms with Crippen LogP contribution in [0.15, 0.2) is 0 Å². The minimum absolute atomic E-state index is 0.382. The number of ether oxygens (including phenoxy) is 1. The third kappa shape index (κ3) is 2.13. The number of hydrogen-bond donors (Lipinski definition) is 1. The molecule has 0 saturated carbocycles. The van der Waals surface area contributed by atoms with Crippen molar-refractivity contribution >= 4 is 0 Å². The average molecular weight is 223 g/mol. The quantitative estimate of drug-likeness (QED) is 0.849. The molecule has 16 heavy (non-hydrogen) atoms. The largest absolute Gasteiger partial charge is 0.378 e. The van der Waals surface area contributed by atoms with Crippen molar-refractivity contribution in [3.05, 3.63) is 17.0 Å². The summed E-state index contributed by atoms with van der Waals surface area (Å²) >= 11 is 0. The van der Waals surface area contributed by atoms with Gasteiger partial charge in [0.15, 0.2) is 0 Å². The molecule has 1 N–H and O–H groups in total. The summed E-state index contributed by atoms with van der Waals surface area (Å²) in [4.78, 5) is 2.51. The molecular formula is C12H21N3O. The lowest BCUT2D eigenvalue weighted by Gasteiger charge is -2.35. The van der Waals surface area contributed by atoms with E-state index >= 15 is 0 Å². The normalized spacial score (nSPS) is 22.6. The van der Waals surface area contributed by atoms with Crippen molar-refractivity contribution < 1.29 is 4.74 Å². The van der Waals surface area contributed by atoms with E-state index in [4.69, 9.17) is 4.74 Å². The highest BCUT2D eigenvalue weighted by molar-refractivity contribution is 5.27. The van der Waals surface area contributed by atoms with Gasteiger partial charge in [-0.05, 0) is 26.8 Å². The van der Waals surface area contributed by atoms with Gasteiger partial charge in [0.05, 0.1) is 24.9 Å². The number of morpholine rings is 1. The molecule has 0 amide bonds. The van der Waals surface area contributed by atoms with E-state index in [1.54, 1.807) is 0 Å². The highest BCUT2D eigenvalue weighted by Gasteiger charge is 2.27. The van der Waals surface area contributed by atoms with Gasteiger partial charge in [-0.25, -0.2) is 0 Å². The first-order chi connectivity index (χ1) is 7.74. The fourth-order valence-corrected chi connectivity index (χ4v) is 2.51. The Morgan fingerprint density at radius 2 is 2.31 bits per heavy atom. The summed E-state index contributed by atoms with van der Waals surface area (Å²) in [5.41, 5.74) is 3.61.